The van der Waals surface area contributed by atoms with Crippen molar-refractivity contribution in [2.75, 3.05) is 49.2 Å². The molecule has 5 nitrogen and oxygen atoms in total. The molecule has 0 amide bonds. The van der Waals surface area contributed by atoms with Gasteiger partial charge in [0.25, 0.3) is 0 Å². The summed E-state index contributed by atoms with van der Waals surface area (Å²) in [6.45, 7) is 5.69. The maximum Gasteiger partial charge on any atom is 0.134 e. The van der Waals surface area contributed by atoms with E-state index in [1.54, 1.807) is 6.33 Å². The number of morpholine rings is 1. The lowest BCUT2D eigenvalue weighted by atomic mass is 10.1. The molecule has 0 saturated carbocycles. The maximum absolute atomic E-state index is 5.37. The summed E-state index contributed by atoms with van der Waals surface area (Å²) in [5.41, 5.74) is 0. The Labute approximate surface area is 108 Å². The van der Waals surface area contributed by atoms with Gasteiger partial charge in [-0.25, -0.2) is 9.97 Å². The second-order valence-electron chi connectivity index (χ2n) is 4.88. The SMILES string of the molecule is c1nc(N2CCCCC2)cc(N2CCOCC2)n1. The topological polar surface area (TPSA) is 41.5 Å². The summed E-state index contributed by atoms with van der Waals surface area (Å²) < 4.78 is 5.37. The lowest BCUT2D eigenvalue weighted by molar-refractivity contribution is 0.122. The van der Waals surface area contributed by atoms with Crippen molar-refractivity contribution in [3.05, 3.63) is 12.4 Å². The molecule has 1 aromatic rings. The summed E-state index contributed by atoms with van der Waals surface area (Å²) in [5, 5.41) is 0. The molecule has 2 fully saturated rings. The summed E-state index contributed by atoms with van der Waals surface area (Å²) in [4.78, 5) is 13.5. The summed E-state index contributed by atoms with van der Waals surface area (Å²) in [6.07, 6.45) is 5.58. The molecule has 0 atom stereocenters. The van der Waals surface area contributed by atoms with Gasteiger partial charge in [0.05, 0.1) is 13.2 Å². The fourth-order valence-electron chi connectivity index (χ4n) is 2.60. The zero-order valence-electron chi connectivity index (χ0n) is 10.7. The van der Waals surface area contributed by atoms with Crippen molar-refractivity contribution in [1.82, 2.24) is 9.97 Å². The van der Waals surface area contributed by atoms with Crippen LogP contribution in [0.15, 0.2) is 12.4 Å². The van der Waals surface area contributed by atoms with Crippen molar-refractivity contribution in [2.24, 2.45) is 0 Å². The van der Waals surface area contributed by atoms with Gasteiger partial charge >= 0.3 is 0 Å². The fourth-order valence-corrected chi connectivity index (χ4v) is 2.60. The summed E-state index contributed by atoms with van der Waals surface area (Å²) in [7, 11) is 0. The molecule has 18 heavy (non-hydrogen) atoms. The van der Waals surface area contributed by atoms with Gasteiger partial charge in [-0.05, 0) is 19.3 Å². The van der Waals surface area contributed by atoms with Crippen LogP contribution in [0.3, 0.4) is 0 Å². The third-order valence-electron chi connectivity index (χ3n) is 3.65. The van der Waals surface area contributed by atoms with E-state index < -0.39 is 0 Å². The zero-order chi connectivity index (χ0) is 12.2. The lowest BCUT2D eigenvalue weighted by Gasteiger charge is -2.30. The number of hydrogen-bond acceptors (Lipinski definition) is 5. The van der Waals surface area contributed by atoms with Crippen LogP contribution in [-0.4, -0.2) is 49.4 Å². The van der Waals surface area contributed by atoms with E-state index in [1.165, 1.54) is 19.3 Å². The first-order chi connectivity index (χ1) is 8.93. The minimum atomic E-state index is 0.795. The number of anilines is 2. The molecule has 5 heteroatoms. The molecule has 3 rings (SSSR count). The van der Waals surface area contributed by atoms with Crippen molar-refractivity contribution < 1.29 is 4.74 Å². The Bertz CT molecular complexity index is 353. The van der Waals surface area contributed by atoms with E-state index in [0.29, 0.717) is 0 Å². The van der Waals surface area contributed by atoms with E-state index in [1.807, 2.05) is 0 Å². The van der Waals surface area contributed by atoms with Crippen LogP contribution in [0.2, 0.25) is 0 Å². The van der Waals surface area contributed by atoms with E-state index in [2.05, 4.69) is 25.8 Å². The lowest BCUT2D eigenvalue weighted by Crippen LogP contribution is -2.37. The molecule has 0 N–H and O–H groups in total. The van der Waals surface area contributed by atoms with Gasteiger partial charge in [0.1, 0.15) is 18.0 Å². The molecule has 0 aliphatic carbocycles. The predicted molar refractivity (Wildman–Crippen MR) is 71.1 cm³/mol. The van der Waals surface area contributed by atoms with Crippen LogP contribution in [0.5, 0.6) is 0 Å². The quantitative estimate of drug-likeness (QED) is 0.789. The van der Waals surface area contributed by atoms with Gasteiger partial charge in [-0.2, -0.15) is 0 Å². The fraction of sp³-hybridized carbons (Fsp3) is 0.692. The first-order valence-electron chi connectivity index (χ1n) is 6.83. The standard InChI is InChI=1S/C13H20N4O/c1-2-4-16(5-3-1)12-10-13(15-11-14-12)17-6-8-18-9-7-17/h10-11H,1-9H2. The number of ether oxygens (including phenoxy) is 1. The molecule has 2 aliphatic heterocycles. The van der Waals surface area contributed by atoms with Gasteiger partial charge in [0, 0.05) is 32.2 Å². The van der Waals surface area contributed by atoms with E-state index in [-0.39, 0.29) is 0 Å². The van der Waals surface area contributed by atoms with Crippen LogP contribution in [0.1, 0.15) is 19.3 Å². The minimum Gasteiger partial charge on any atom is -0.378 e. The van der Waals surface area contributed by atoms with Crippen LogP contribution in [0.4, 0.5) is 11.6 Å². The molecule has 98 valence electrons. The highest BCUT2D eigenvalue weighted by molar-refractivity contribution is 5.50. The van der Waals surface area contributed by atoms with Crippen LogP contribution in [0.25, 0.3) is 0 Å². The first kappa shape index (κ1) is 11.7. The maximum atomic E-state index is 5.37. The zero-order valence-corrected chi connectivity index (χ0v) is 10.7. The predicted octanol–water partition coefficient (Wildman–Crippen LogP) is 1.30. The molecule has 2 aliphatic rings. The molecule has 0 unspecified atom stereocenters. The van der Waals surface area contributed by atoms with E-state index >= 15 is 0 Å². The van der Waals surface area contributed by atoms with Crippen molar-refractivity contribution in [1.29, 1.82) is 0 Å². The van der Waals surface area contributed by atoms with Crippen molar-refractivity contribution >= 4 is 11.6 Å². The van der Waals surface area contributed by atoms with Gasteiger partial charge in [-0.1, -0.05) is 0 Å². The third-order valence-corrected chi connectivity index (χ3v) is 3.65. The van der Waals surface area contributed by atoms with Crippen LogP contribution < -0.4 is 9.80 Å². The molecule has 3 heterocycles. The monoisotopic (exact) mass is 248 g/mol. The number of rotatable bonds is 2. The number of aromatic nitrogens is 2. The highest BCUT2D eigenvalue weighted by Gasteiger charge is 2.16. The molecular weight excluding hydrogens is 228 g/mol. The molecule has 0 spiro atoms. The third kappa shape index (κ3) is 2.56. The van der Waals surface area contributed by atoms with Crippen LogP contribution in [0, 0.1) is 0 Å². The van der Waals surface area contributed by atoms with E-state index in [4.69, 9.17) is 4.74 Å². The highest BCUT2D eigenvalue weighted by atomic mass is 16.5. The molecule has 0 radical (unpaired) electrons. The Kier molecular flexibility index (Phi) is 3.59. The molecule has 2 saturated heterocycles. The van der Waals surface area contributed by atoms with Crippen molar-refractivity contribution in [3.8, 4) is 0 Å². The number of nitrogens with zero attached hydrogens (tertiary/aromatic N) is 4. The summed E-state index contributed by atoms with van der Waals surface area (Å²) >= 11 is 0. The number of piperidine rings is 1. The average Bonchev–Trinajstić information content (AvgIpc) is 2.49. The molecular formula is C13H20N4O. The van der Waals surface area contributed by atoms with Crippen molar-refractivity contribution in [2.45, 2.75) is 19.3 Å². The van der Waals surface area contributed by atoms with E-state index in [9.17, 15) is 0 Å². The highest BCUT2D eigenvalue weighted by Crippen LogP contribution is 2.21. The Balaban J connectivity index is 1.75. The van der Waals surface area contributed by atoms with E-state index in [0.717, 1.165) is 51.0 Å². The largest absolute Gasteiger partial charge is 0.378 e. The van der Waals surface area contributed by atoms with Crippen LogP contribution in [-0.2, 0) is 4.74 Å². The average molecular weight is 248 g/mol. The Morgan fingerprint density at radius 1 is 0.833 bits per heavy atom. The Hall–Kier alpha value is -1.36. The van der Waals surface area contributed by atoms with Gasteiger partial charge in [-0.15, -0.1) is 0 Å². The second-order valence-corrected chi connectivity index (χ2v) is 4.88. The molecule has 0 aromatic carbocycles. The van der Waals surface area contributed by atoms with Crippen molar-refractivity contribution in [3.63, 3.8) is 0 Å². The Morgan fingerprint density at radius 2 is 1.44 bits per heavy atom. The normalized spacial score (nSPS) is 21.1. The molecule has 0 bridgehead atoms. The smallest absolute Gasteiger partial charge is 0.134 e. The second kappa shape index (κ2) is 5.52. The number of hydrogen-bond donors (Lipinski definition) is 0. The summed E-state index contributed by atoms with van der Waals surface area (Å²) in [6, 6.07) is 2.12. The first-order valence-corrected chi connectivity index (χ1v) is 6.83. The van der Waals surface area contributed by atoms with Gasteiger partial charge in [0.2, 0.25) is 0 Å². The van der Waals surface area contributed by atoms with Crippen LogP contribution >= 0.6 is 0 Å². The minimum absolute atomic E-state index is 0.795. The summed E-state index contributed by atoms with van der Waals surface area (Å²) in [5.74, 6) is 2.11. The van der Waals surface area contributed by atoms with Gasteiger partial charge < -0.3 is 14.5 Å². The Morgan fingerprint density at radius 3 is 2.11 bits per heavy atom. The van der Waals surface area contributed by atoms with Gasteiger partial charge in [-0.3, -0.25) is 0 Å². The van der Waals surface area contributed by atoms with Gasteiger partial charge in [0.15, 0.2) is 0 Å². The molecule has 1 aromatic heterocycles.